The van der Waals surface area contributed by atoms with Crippen LogP contribution < -0.4 is 5.32 Å². The molecule has 0 spiro atoms. The molecule has 0 fully saturated rings. The third kappa shape index (κ3) is 5.07. The molecule has 0 aliphatic rings. The Labute approximate surface area is 140 Å². The maximum atomic E-state index is 11.6. The number of hydrogen-bond donors (Lipinski definition) is 3. The van der Waals surface area contributed by atoms with Gasteiger partial charge in [0.05, 0.1) is 6.20 Å². The van der Waals surface area contributed by atoms with Crippen molar-refractivity contribution in [2.75, 3.05) is 6.54 Å². The number of carbonyl (C=O) groups excluding carboxylic acids is 1. The summed E-state index contributed by atoms with van der Waals surface area (Å²) >= 11 is 0. The lowest BCUT2D eigenvalue weighted by Crippen LogP contribution is -2.38. The van der Waals surface area contributed by atoms with Gasteiger partial charge in [-0.2, -0.15) is 0 Å². The molecule has 1 amide bonds. The van der Waals surface area contributed by atoms with Crippen molar-refractivity contribution in [3.8, 4) is 11.3 Å². The second-order valence-corrected chi connectivity index (χ2v) is 6.39. The molecular weight excluding hydrogens is 312 g/mol. The Morgan fingerprint density at radius 1 is 1.25 bits per heavy atom. The number of aromatic nitrogens is 1. The van der Waals surface area contributed by atoms with Crippen LogP contribution in [0.5, 0.6) is 0 Å². The number of nitrogens with zero attached hydrogens (tertiary/aromatic N) is 1. The normalized spacial score (nSPS) is 14.0. The summed E-state index contributed by atoms with van der Waals surface area (Å²) in [6.07, 6.45) is -1.39. The molecule has 0 aliphatic heterocycles. The number of carbonyl (C=O) groups is 1. The van der Waals surface area contributed by atoms with E-state index < -0.39 is 23.9 Å². The Hall–Kier alpha value is -2.38. The number of ether oxygens (including phenoxy) is 1. The van der Waals surface area contributed by atoms with E-state index in [0.717, 1.165) is 5.56 Å². The molecule has 0 saturated heterocycles. The highest BCUT2D eigenvalue weighted by molar-refractivity contribution is 5.67. The number of benzene rings is 1. The molecule has 1 heterocycles. The quantitative estimate of drug-likeness (QED) is 0.775. The van der Waals surface area contributed by atoms with Crippen LogP contribution in [-0.2, 0) is 4.74 Å². The summed E-state index contributed by atoms with van der Waals surface area (Å²) in [5.41, 5.74) is 0.714. The molecule has 2 aromatic rings. The third-order valence-electron chi connectivity index (χ3n) is 3.19. The first-order valence-corrected chi connectivity index (χ1v) is 7.60. The second kappa shape index (κ2) is 7.46. The zero-order valence-corrected chi connectivity index (χ0v) is 13.9. The molecule has 1 aromatic carbocycles. The van der Waals surface area contributed by atoms with E-state index in [4.69, 9.17) is 9.26 Å². The van der Waals surface area contributed by atoms with Crippen LogP contribution in [0.3, 0.4) is 0 Å². The molecule has 7 nitrogen and oxygen atoms in total. The number of aliphatic hydroxyl groups excluding tert-OH is 2. The van der Waals surface area contributed by atoms with Crippen LogP contribution in [0.2, 0.25) is 0 Å². The first-order valence-electron chi connectivity index (χ1n) is 7.60. The summed E-state index contributed by atoms with van der Waals surface area (Å²) in [6, 6.07) is 8.60. The molecule has 24 heavy (non-hydrogen) atoms. The van der Waals surface area contributed by atoms with Gasteiger partial charge in [0, 0.05) is 18.2 Å². The van der Waals surface area contributed by atoms with Crippen molar-refractivity contribution in [3.63, 3.8) is 0 Å². The Bertz CT molecular complexity index is 647. The molecule has 130 valence electrons. The van der Waals surface area contributed by atoms with Crippen molar-refractivity contribution in [2.45, 2.75) is 38.6 Å². The van der Waals surface area contributed by atoms with Gasteiger partial charge in [-0.05, 0) is 26.3 Å². The van der Waals surface area contributed by atoms with E-state index in [1.54, 1.807) is 57.3 Å². The monoisotopic (exact) mass is 334 g/mol. The summed E-state index contributed by atoms with van der Waals surface area (Å²) in [5.74, 6) is 0.614. The number of nitrogens with one attached hydrogen (secondary N) is 1. The highest BCUT2D eigenvalue weighted by atomic mass is 16.6. The SMILES string of the molecule is CC(C)(C)OC(=O)NCC(O)C(O)c1ccc(-c2ccno2)cc1. The Morgan fingerprint density at radius 2 is 1.92 bits per heavy atom. The maximum Gasteiger partial charge on any atom is 0.407 e. The van der Waals surface area contributed by atoms with Crippen molar-refractivity contribution < 1.29 is 24.3 Å². The number of alkyl carbamates (subject to hydrolysis) is 1. The lowest BCUT2D eigenvalue weighted by molar-refractivity contribution is 0.0129. The van der Waals surface area contributed by atoms with Crippen molar-refractivity contribution in [3.05, 3.63) is 42.1 Å². The third-order valence-corrected chi connectivity index (χ3v) is 3.19. The molecule has 2 atom stereocenters. The van der Waals surface area contributed by atoms with Gasteiger partial charge in [0.25, 0.3) is 0 Å². The zero-order valence-electron chi connectivity index (χ0n) is 13.9. The molecule has 1 aromatic heterocycles. The molecule has 2 rings (SSSR count). The van der Waals surface area contributed by atoms with Crippen molar-refractivity contribution in [1.29, 1.82) is 0 Å². The van der Waals surface area contributed by atoms with Crippen LogP contribution >= 0.6 is 0 Å². The van der Waals surface area contributed by atoms with Crippen molar-refractivity contribution in [2.24, 2.45) is 0 Å². The molecule has 0 radical (unpaired) electrons. The minimum absolute atomic E-state index is 0.125. The molecule has 7 heteroatoms. The van der Waals surface area contributed by atoms with Crippen LogP contribution in [0.4, 0.5) is 4.79 Å². The van der Waals surface area contributed by atoms with Gasteiger partial charge in [0.2, 0.25) is 0 Å². The minimum atomic E-state index is -1.16. The van der Waals surface area contributed by atoms with E-state index in [1.165, 1.54) is 0 Å². The van der Waals surface area contributed by atoms with E-state index in [0.29, 0.717) is 11.3 Å². The molecule has 0 aliphatic carbocycles. The minimum Gasteiger partial charge on any atom is -0.444 e. The van der Waals surface area contributed by atoms with E-state index in [9.17, 15) is 15.0 Å². The fourth-order valence-electron chi connectivity index (χ4n) is 2.05. The fraction of sp³-hybridized carbons (Fsp3) is 0.412. The molecular formula is C17H22N2O5. The van der Waals surface area contributed by atoms with Gasteiger partial charge in [-0.15, -0.1) is 0 Å². The molecule has 2 unspecified atom stereocenters. The summed E-state index contributed by atoms with van der Waals surface area (Å²) in [5, 5.41) is 26.3. The summed E-state index contributed by atoms with van der Waals surface area (Å²) in [6.45, 7) is 5.11. The number of aliphatic hydroxyl groups is 2. The first kappa shape index (κ1) is 18.0. The van der Waals surface area contributed by atoms with Crippen LogP contribution in [0.25, 0.3) is 11.3 Å². The van der Waals surface area contributed by atoms with Gasteiger partial charge in [-0.3, -0.25) is 0 Å². The lowest BCUT2D eigenvalue weighted by atomic mass is 10.0. The Morgan fingerprint density at radius 3 is 2.46 bits per heavy atom. The topological polar surface area (TPSA) is 105 Å². The largest absolute Gasteiger partial charge is 0.444 e. The average Bonchev–Trinajstić information content (AvgIpc) is 3.05. The van der Waals surface area contributed by atoms with Gasteiger partial charge in [0.15, 0.2) is 5.76 Å². The van der Waals surface area contributed by atoms with Gasteiger partial charge < -0.3 is 24.8 Å². The fourth-order valence-corrected chi connectivity index (χ4v) is 2.05. The van der Waals surface area contributed by atoms with E-state index in [-0.39, 0.29) is 6.54 Å². The highest BCUT2D eigenvalue weighted by Gasteiger charge is 2.21. The van der Waals surface area contributed by atoms with Crippen molar-refractivity contribution >= 4 is 6.09 Å². The number of hydrogen-bond acceptors (Lipinski definition) is 6. The summed E-state index contributed by atoms with van der Waals surface area (Å²) in [4.78, 5) is 11.6. The first-order chi connectivity index (χ1) is 11.3. The smallest absolute Gasteiger partial charge is 0.407 e. The predicted octanol–water partition coefficient (Wildman–Crippen LogP) is 2.26. The molecule has 0 bridgehead atoms. The van der Waals surface area contributed by atoms with Crippen LogP contribution in [0.15, 0.2) is 41.1 Å². The van der Waals surface area contributed by atoms with E-state index >= 15 is 0 Å². The van der Waals surface area contributed by atoms with Gasteiger partial charge in [0.1, 0.15) is 17.8 Å². The zero-order chi connectivity index (χ0) is 17.7. The van der Waals surface area contributed by atoms with Gasteiger partial charge in [-0.1, -0.05) is 29.4 Å². The van der Waals surface area contributed by atoms with E-state index in [1.807, 2.05) is 0 Å². The van der Waals surface area contributed by atoms with Gasteiger partial charge >= 0.3 is 6.09 Å². The molecule has 0 saturated carbocycles. The van der Waals surface area contributed by atoms with Gasteiger partial charge in [-0.25, -0.2) is 4.79 Å². The number of rotatable bonds is 5. The summed E-state index contributed by atoms with van der Waals surface area (Å²) in [7, 11) is 0. The van der Waals surface area contributed by atoms with Crippen LogP contribution in [-0.4, -0.2) is 39.7 Å². The average molecular weight is 334 g/mol. The Kier molecular flexibility index (Phi) is 5.58. The van der Waals surface area contributed by atoms with Crippen LogP contribution in [0.1, 0.15) is 32.4 Å². The lowest BCUT2D eigenvalue weighted by Gasteiger charge is -2.22. The Balaban J connectivity index is 1.91. The highest BCUT2D eigenvalue weighted by Crippen LogP contribution is 2.23. The predicted molar refractivity (Wildman–Crippen MR) is 87.1 cm³/mol. The van der Waals surface area contributed by atoms with E-state index in [2.05, 4.69) is 10.5 Å². The van der Waals surface area contributed by atoms with Crippen molar-refractivity contribution in [1.82, 2.24) is 10.5 Å². The number of amides is 1. The molecule has 3 N–H and O–H groups in total. The standard InChI is InChI=1S/C17H22N2O5/c1-17(2,3)23-16(22)18-10-13(20)15(21)12-6-4-11(5-7-12)14-8-9-19-24-14/h4-9,13,15,20-21H,10H2,1-3H3,(H,18,22). The van der Waals surface area contributed by atoms with Crippen LogP contribution in [0, 0.1) is 0 Å². The second-order valence-electron chi connectivity index (χ2n) is 6.39. The maximum absolute atomic E-state index is 11.6. The summed E-state index contributed by atoms with van der Waals surface area (Å²) < 4.78 is 10.1.